The highest BCUT2D eigenvalue weighted by atomic mass is 16.8. The minimum Gasteiger partial charge on any atom is -0.479 e. The van der Waals surface area contributed by atoms with Gasteiger partial charge in [-0.25, -0.2) is 4.79 Å². The molecule has 2 atom stereocenters. The zero-order chi connectivity index (χ0) is 12.5. The van der Waals surface area contributed by atoms with Gasteiger partial charge < -0.3 is 14.6 Å². The highest BCUT2D eigenvalue weighted by Crippen LogP contribution is 2.42. The lowest BCUT2D eigenvalue weighted by molar-refractivity contribution is -0.200. The largest absolute Gasteiger partial charge is 0.479 e. The fraction of sp³-hybridized carbons (Fsp3) is 0.769. The maximum atomic E-state index is 11.1. The molecule has 17 heavy (non-hydrogen) atoms. The lowest BCUT2D eigenvalue weighted by Crippen LogP contribution is -2.36. The number of carboxylic acids is 1. The number of rotatable bonds is 2. The fourth-order valence-electron chi connectivity index (χ4n) is 2.59. The van der Waals surface area contributed by atoms with Gasteiger partial charge in [0.15, 0.2) is 11.9 Å². The minimum absolute atomic E-state index is 0.453. The maximum absolute atomic E-state index is 11.1. The van der Waals surface area contributed by atoms with Gasteiger partial charge in [0.25, 0.3) is 0 Å². The molecular formula is C13H20O4. The number of ether oxygens (including phenoxy) is 2. The van der Waals surface area contributed by atoms with E-state index in [0.29, 0.717) is 5.92 Å². The van der Waals surface area contributed by atoms with Gasteiger partial charge in [0, 0.05) is 12.8 Å². The van der Waals surface area contributed by atoms with Crippen molar-refractivity contribution in [3.05, 3.63) is 12.2 Å². The number of hydrogen-bond donors (Lipinski definition) is 1. The lowest BCUT2D eigenvalue weighted by Gasteiger charge is -2.34. The number of hydrogen-bond acceptors (Lipinski definition) is 3. The van der Waals surface area contributed by atoms with Gasteiger partial charge in [0.05, 0.1) is 0 Å². The highest BCUT2D eigenvalue weighted by molar-refractivity contribution is 5.74. The van der Waals surface area contributed by atoms with Crippen LogP contribution in [-0.4, -0.2) is 29.1 Å². The Balaban J connectivity index is 2.10. The standard InChI is InChI=1S/C13H20O4/c1-3-4-10-11(12(14)15)17-13(16-10)7-5-9(2)6-8-13/h3-4,9-11H,5-8H2,1-2H3,(H,14,15)/b4-3+/t9?,10-,11-,13?/m1/s1. The van der Waals surface area contributed by atoms with Crippen LogP contribution in [0.3, 0.4) is 0 Å². The van der Waals surface area contributed by atoms with Gasteiger partial charge in [0.2, 0.25) is 0 Å². The Hall–Kier alpha value is -0.870. The monoisotopic (exact) mass is 240 g/mol. The van der Waals surface area contributed by atoms with E-state index in [1.54, 1.807) is 6.08 Å². The average molecular weight is 240 g/mol. The van der Waals surface area contributed by atoms with Gasteiger partial charge in [-0.15, -0.1) is 0 Å². The third-order valence-corrected chi connectivity index (χ3v) is 3.65. The van der Waals surface area contributed by atoms with Crippen molar-refractivity contribution in [3.63, 3.8) is 0 Å². The predicted molar refractivity (Wildman–Crippen MR) is 62.6 cm³/mol. The Morgan fingerprint density at radius 3 is 2.53 bits per heavy atom. The topological polar surface area (TPSA) is 55.8 Å². The third-order valence-electron chi connectivity index (χ3n) is 3.65. The van der Waals surface area contributed by atoms with Crippen molar-refractivity contribution >= 4 is 5.97 Å². The molecule has 1 heterocycles. The van der Waals surface area contributed by atoms with Crippen molar-refractivity contribution in [3.8, 4) is 0 Å². The number of aliphatic carboxylic acids is 1. The van der Waals surface area contributed by atoms with Gasteiger partial charge in [0.1, 0.15) is 6.10 Å². The summed E-state index contributed by atoms with van der Waals surface area (Å²) in [5, 5.41) is 9.14. The van der Waals surface area contributed by atoms with Gasteiger partial charge in [-0.1, -0.05) is 19.1 Å². The van der Waals surface area contributed by atoms with E-state index >= 15 is 0 Å². The van der Waals surface area contributed by atoms with Crippen LogP contribution >= 0.6 is 0 Å². The molecule has 0 amide bonds. The van der Waals surface area contributed by atoms with E-state index in [0.717, 1.165) is 25.7 Å². The second-order valence-corrected chi connectivity index (χ2v) is 5.08. The molecule has 0 aromatic heterocycles. The Morgan fingerprint density at radius 2 is 2.00 bits per heavy atom. The molecule has 1 N–H and O–H groups in total. The van der Waals surface area contributed by atoms with Crippen LogP contribution in [0, 0.1) is 5.92 Å². The van der Waals surface area contributed by atoms with Gasteiger partial charge in [-0.2, -0.15) is 0 Å². The molecule has 1 aliphatic carbocycles. The van der Waals surface area contributed by atoms with Crippen molar-refractivity contribution in [2.75, 3.05) is 0 Å². The first-order chi connectivity index (χ1) is 8.06. The average Bonchev–Trinajstić information content (AvgIpc) is 2.63. The van der Waals surface area contributed by atoms with Crippen molar-refractivity contribution in [2.45, 2.75) is 57.5 Å². The van der Waals surface area contributed by atoms with Crippen LogP contribution in [-0.2, 0) is 14.3 Å². The first-order valence-electron chi connectivity index (χ1n) is 6.27. The van der Waals surface area contributed by atoms with Crippen molar-refractivity contribution in [1.82, 2.24) is 0 Å². The second kappa shape index (κ2) is 4.78. The number of carbonyl (C=O) groups is 1. The van der Waals surface area contributed by atoms with E-state index in [1.807, 2.05) is 13.0 Å². The van der Waals surface area contributed by atoms with Gasteiger partial charge in [-0.05, 0) is 25.7 Å². The lowest BCUT2D eigenvalue weighted by atomic mass is 9.86. The Morgan fingerprint density at radius 1 is 1.35 bits per heavy atom. The fourth-order valence-corrected chi connectivity index (χ4v) is 2.59. The summed E-state index contributed by atoms with van der Waals surface area (Å²) in [6.07, 6.45) is 5.94. The van der Waals surface area contributed by atoms with Gasteiger partial charge in [-0.3, -0.25) is 0 Å². The van der Waals surface area contributed by atoms with E-state index in [1.165, 1.54) is 0 Å². The molecule has 0 aromatic rings. The second-order valence-electron chi connectivity index (χ2n) is 5.08. The molecule has 2 fully saturated rings. The smallest absolute Gasteiger partial charge is 0.336 e. The van der Waals surface area contributed by atoms with E-state index in [9.17, 15) is 4.79 Å². The molecule has 2 rings (SSSR count). The van der Waals surface area contributed by atoms with Crippen LogP contribution in [0.1, 0.15) is 39.5 Å². The van der Waals surface area contributed by atoms with Crippen LogP contribution in [0.15, 0.2) is 12.2 Å². The first-order valence-corrected chi connectivity index (χ1v) is 6.27. The molecule has 0 bridgehead atoms. The SMILES string of the molecule is C/C=C/[C@H]1OC2(CCC(C)CC2)O[C@H]1C(=O)O. The third kappa shape index (κ3) is 2.53. The summed E-state index contributed by atoms with van der Waals surface area (Å²) in [7, 11) is 0. The van der Waals surface area contributed by atoms with Crippen molar-refractivity contribution in [2.24, 2.45) is 5.92 Å². The summed E-state index contributed by atoms with van der Waals surface area (Å²) in [6, 6.07) is 0. The summed E-state index contributed by atoms with van der Waals surface area (Å²) < 4.78 is 11.6. The molecule has 1 aliphatic heterocycles. The van der Waals surface area contributed by atoms with E-state index < -0.39 is 24.0 Å². The van der Waals surface area contributed by atoms with Crippen LogP contribution in [0.25, 0.3) is 0 Å². The van der Waals surface area contributed by atoms with Crippen molar-refractivity contribution < 1.29 is 19.4 Å². The Kier molecular flexibility index (Phi) is 3.54. The molecule has 1 saturated heterocycles. The predicted octanol–water partition coefficient (Wildman–Crippen LogP) is 2.34. The molecule has 2 aliphatic rings. The first kappa shape index (κ1) is 12.6. The Labute approximate surface area is 102 Å². The van der Waals surface area contributed by atoms with Gasteiger partial charge >= 0.3 is 5.97 Å². The molecule has 4 nitrogen and oxygen atoms in total. The van der Waals surface area contributed by atoms with Crippen LogP contribution in [0.4, 0.5) is 0 Å². The van der Waals surface area contributed by atoms with Crippen molar-refractivity contribution in [1.29, 1.82) is 0 Å². The van der Waals surface area contributed by atoms with E-state index in [2.05, 4.69) is 6.92 Å². The molecular weight excluding hydrogens is 220 g/mol. The van der Waals surface area contributed by atoms with Crippen LogP contribution < -0.4 is 0 Å². The van der Waals surface area contributed by atoms with E-state index in [4.69, 9.17) is 14.6 Å². The number of carboxylic acid groups (broad SMARTS) is 1. The summed E-state index contributed by atoms with van der Waals surface area (Å²) in [6.45, 7) is 4.07. The summed E-state index contributed by atoms with van der Waals surface area (Å²) in [5.41, 5.74) is 0. The molecule has 96 valence electrons. The highest BCUT2D eigenvalue weighted by Gasteiger charge is 2.50. The maximum Gasteiger partial charge on any atom is 0.336 e. The van der Waals surface area contributed by atoms with Crippen LogP contribution in [0.5, 0.6) is 0 Å². The summed E-state index contributed by atoms with van der Waals surface area (Å²) >= 11 is 0. The summed E-state index contributed by atoms with van der Waals surface area (Å²) in [4.78, 5) is 11.1. The molecule has 1 spiro atoms. The summed E-state index contributed by atoms with van der Waals surface area (Å²) in [5.74, 6) is -0.916. The molecule has 0 aromatic carbocycles. The zero-order valence-corrected chi connectivity index (χ0v) is 10.4. The molecule has 0 unspecified atom stereocenters. The normalized spacial score (nSPS) is 42.4. The molecule has 1 saturated carbocycles. The molecule has 0 radical (unpaired) electrons. The van der Waals surface area contributed by atoms with E-state index in [-0.39, 0.29) is 0 Å². The quantitative estimate of drug-likeness (QED) is 0.753. The zero-order valence-electron chi connectivity index (χ0n) is 10.4. The molecule has 4 heteroatoms. The minimum atomic E-state index is -0.941. The number of allylic oxidation sites excluding steroid dienone is 1. The Bertz CT molecular complexity index is 315. The van der Waals surface area contributed by atoms with Crippen LogP contribution in [0.2, 0.25) is 0 Å².